The first-order valence-electron chi connectivity index (χ1n) is 10.1. The van der Waals surface area contributed by atoms with Crippen LogP contribution >= 0.6 is 0 Å². The molecule has 2 amide bonds. The van der Waals surface area contributed by atoms with Crippen LogP contribution in [0.2, 0.25) is 0 Å². The second kappa shape index (κ2) is 9.34. The minimum atomic E-state index is -0.159. The highest BCUT2D eigenvalue weighted by molar-refractivity contribution is 5.91. The summed E-state index contributed by atoms with van der Waals surface area (Å²) in [7, 11) is 3.15. The van der Waals surface area contributed by atoms with Gasteiger partial charge < -0.3 is 24.6 Å². The second-order valence-electron chi connectivity index (χ2n) is 7.11. The van der Waals surface area contributed by atoms with Crippen molar-refractivity contribution in [1.82, 2.24) is 15.1 Å². The largest absolute Gasteiger partial charge is 0.497 e. The van der Waals surface area contributed by atoms with E-state index in [9.17, 15) is 4.79 Å². The molecule has 1 aromatic heterocycles. The molecular weight excluding hydrogens is 394 g/mol. The van der Waals surface area contributed by atoms with Crippen molar-refractivity contribution in [3.05, 3.63) is 60.7 Å². The Labute approximate surface area is 181 Å². The molecule has 1 aliphatic heterocycles. The van der Waals surface area contributed by atoms with Crippen molar-refractivity contribution in [2.24, 2.45) is 0 Å². The molecule has 0 atom stereocenters. The number of anilines is 2. The van der Waals surface area contributed by atoms with Gasteiger partial charge in [-0.2, -0.15) is 0 Å². The number of urea groups is 1. The van der Waals surface area contributed by atoms with E-state index in [1.165, 1.54) is 0 Å². The van der Waals surface area contributed by atoms with Crippen molar-refractivity contribution in [2.75, 3.05) is 50.6 Å². The maximum absolute atomic E-state index is 12.7. The normalized spacial score (nSPS) is 13.6. The summed E-state index contributed by atoms with van der Waals surface area (Å²) in [5.74, 6) is 2.04. The molecule has 2 heterocycles. The van der Waals surface area contributed by atoms with Crippen LogP contribution in [0.1, 0.15) is 0 Å². The van der Waals surface area contributed by atoms with Crippen molar-refractivity contribution < 1.29 is 14.3 Å². The first-order chi connectivity index (χ1) is 15.2. The van der Waals surface area contributed by atoms with Gasteiger partial charge in [-0.05, 0) is 24.3 Å². The lowest BCUT2D eigenvalue weighted by molar-refractivity contribution is 0.208. The predicted molar refractivity (Wildman–Crippen MR) is 120 cm³/mol. The lowest BCUT2D eigenvalue weighted by atomic mass is 10.1. The van der Waals surface area contributed by atoms with Crippen LogP contribution in [0.3, 0.4) is 0 Å². The number of ether oxygens (including phenoxy) is 2. The van der Waals surface area contributed by atoms with Crippen LogP contribution in [-0.4, -0.2) is 61.5 Å². The minimum Gasteiger partial charge on any atom is -0.497 e. The fourth-order valence-corrected chi connectivity index (χ4v) is 3.49. The van der Waals surface area contributed by atoms with Gasteiger partial charge in [0, 0.05) is 37.8 Å². The van der Waals surface area contributed by atoms with Gasteiger partial charge >= 0.3 is 6.03 Å². The molecule has 1 fully saturated rings. The van der Waals surface area contributed by atoms with E-state index >= 15 is 0 Å². The zero-order chi connectivity index (χ0) is 21.6. The summed E-state index contributed by atoms with van der Waals surface area (Å²) in [5.41, 5.74) is 2.49. The quantitative estimate of drug-likeness (QED) is 0.682. The Hall–Kier alpha value is -3.81. The van der Waals surface area contributed by atoms with E-state index in [1.54, 1.807) is 37.3 Å². The van der Waals surface area contributed by atoms with Crippen molar-refractivity contribution in [3.63, 3.8) is 0 Å². The summed E-state index contributed by atoms with van der Waals surface area (Å²) in [5, 5.41) is 11.7. The fourth-order valence-electron chi connectivity index (χ4n) is 3.49. The number of carbonyl (C=O) groups excluding carboxylic acids is 1. The average Bonchev–Trinajstić information content (AvgIpc) is 2.85. The van der Waals surface area contributed by atoms with Crippen LogP contribution in [0.4, 0.5) is 16.3 Å². The fraction of sp³-hybridized carbons (Fsp3) is 0.261. The van der Waals surface area contributed by atoms with Gasteiger partial charge in [-0.25, -0.2) is 4.79 Å². The smallest absolute Gasteiger partial charge is 0.322 e. The third kappa shape index (κ3) is 4.69. The molecule has 3 aromatic rings. The summed E-state index contributed by atoms with van der Waals surface area (Å²) in [6.07, 6.45) is 0. The van der Waals surface area contributed by atoms with Crippen molar-refractivity contribution in [3.8, 4) is 22.8 Å². The first-order valence-corrected chi connectivity index (χ1v) is 10.1. The summed E-state index contributed by atoms with van der Waals surface area (Å²) in [6.45, 7) is 2.55. The number of piperazine rings is 1. The number of benzene rings is 2. The van der Waals surface area contributed by atoms with Gasteiger partial charge in [0.25, 0.3) is 0 Å². The molecule has 8 heteroatoms. The number of carbonyl (C=O) groups is 1. The number of nitrogens with one attached hydrogen (secondary N) is 1. The molecule has 0 spiro atoms. The van der Waals surface area contributed by atoms with E-state index in [4.69, 9.17) is 9.47 Å². The first kappa shape index (κ1) is 20.5. The maximum atomic E-state index is 12.7. The molecule has 0 bridgehead atoms. The summed E-state index contributed by atoms with van der Waals surface area (Å²) >= 11 is 0. The highest BCUT2D eigenvalue weighted by Crippen LogP contribution is 2.29. The predicted octanol–water partition coefficient (Wildman–Crippen LogP) is 3.51. The van der Waals surface area contributed by atoms with Crippen molar-refractivity contribution in [2.45, 2.75) is 0 Å². The molecule has 1 N–H and O–H groups in total. The van der Waals surface area contributed by atoms with Gasteiger partial charge in [-0.15, -0.1) is 10.2 Å². The molecule has 2 aromatic carbocycles. The van der Waals surface area contributed by atoms with E-state index < -0.39 is 0 Å². The number of hydrogen-bond acceptors (Lipinski definition) is 6. The Bertz CT molecular complexity index is 1020. The Balaban J connectivity index is 1.35. The molecule has 1 saturated heterocycles. The zero-order valence-electron chi connectivity index (χ0n) is 17.6. The van der Waals surface area contributed by atoms with Gasteiger partial charge in [0.05, 0.1) is 25.6 Å². The SMILES string of the molecule is COc1ccc(NC(=O)N2CCN(c3ccc(-c4ccccc4)nn3)CC2)c(OC)c1. The molecule has 31 heavy (non-hydrogen) atoms. The Morgan fingerprint density at radius 1 is 0.903 bits per heavy atom. The highest BCUT2D eigenvalue weighted by Gasteiger charge is 2.23. The second-order valence-corrected chi connectivity index (χ2v) is 7.11. The van der Waals surface area contributed by atoms with Gasteiger partial charge in [0.2, 0.25) is 0 Å². The Morgan fingerprint density at radius 2 is 1.68 bits per heavy atom. The minimum absolute atomic E-state index is 0.159. The van der Waals surface area contributed by atoms with Crippen LogP contribution in [0.5, 0.6) is 11.5 Å². The van der Waals surface area contributed by atoms with Gasteiger partial charge in [-0.1, -0.05) is 30.3 Å². The van der Waals surface area contributed by atoms with E-state index in [1.807, 2.05) is 42.5 Å². The van der Waals surface area contributed by atoms with Gasteiger partial charge in [0.15, 0.2) is 5.82 Å². The number of nitrogens with zero attached hydrogens (tertiary/aromatic N) is 4. The Morgan fingerprint density at radius 3 is 2.32 bits per heavy atom. The van der Waals surface area contributed by atoms with E-state index in [0.29, 0.717) is 43.4 Å². The lowest BCUT2D eigenvalue weighted by Crippen LogP contribution is -2.50. The summed E-state index contributed by atoms with van der Waals surface area (Å²) in [4.78, 5) is 16.6. The molecule has 0 unspecified atom stereocenters. The zero-order valence-corrected chi connectivity index (χ0v) is 17.6. The summed E-state index contributed by atoms with van der Waals surface area (Å²) in [6, 6.07) is 19.1. The third-order valence-electron chi connectivity index (χ3n) is 5.26. The number of rotatable bonds is 5. The number of aromatic nitrogens is 2. The molecule has 160 valence electrons. The van der Waals surface area contributed by atoms with Crippen LogP contribution in [-0.2, 0) is 0 Å². The standard InChI is InChI=1S/C23H25N5O3/c1-30-18-8-9-20(21(16-18)31-2)24-23(29)28-14-12-27(13-15-28)22-11-10-19(25-26-22)17-6-4-3-5-7-17/h3-11,16H,12-15H2,1-2H3,(H,24,29). The topological polar surface area (TPSA) is 79.8 Å². The van der Waals surface area contributed by atoms with E-state index in [-0.39, 0.29) is 6.03 Å². The molecule has 0 radical (unpaired) electrons. The number of amides is 2. The highest BCUT2D eigenvalue weighted by atomic mass is 16.5. The van der Waals surface area contributed by atoms with Crippen LogP contribution in [0.25, 0.3) is 11.3 Å². The lowest BCUT2D eigenvalue weighted by Gasteiger charge is -2.35. The van der Waals surface area contributed by atoms with Crippen LogP contribution in [0, 0.1) is 0 Å². The maximum Gasteiger partial charge on any atom is 0.322 e. The van der Waals surface area contributed by atoms with E-state index in [0.717, 1.165) is 17.1 Å². The molecule has 1 aliphatic rings. The number of methoxy groups -OCH3 is 2. The molecule has 0 aliphatic carbocycles. The van der Waals surface area contributed by atoms with Gasteiger partial charge in [-0.3, -0.25) is 0 Å². The monoisotopic (exact) mass is 419 g/mol. The average molecular weight is 419 g/mol. The summed E-state index contributed by atoms with van der Waals surface area (Å²) < 4.78 is 10.6. The van der Waals surface area contributed by atoms with Crippen molar-refractivity contribution in [1.29, 1.82) is 0 Å². The molecule has 0 saturated carbocycles. The molecule has 8 nitrogen and oxygen atoms in total. The molecular formula is C23H25N5O3. The van der Waals surface area contributed by atoms with Crippen LogP contribution < -0.4 is 19.7 Å². The van der Waals surface area contributed by atoms with Crippen LogP contribution in [0.15, 0.2) is 60.7 Å². The Kier molecular flexibility index (Phi) is 6.16. The third-order valence-corrected chi connectivity index (χ3v) is 5.26. The molecule has 4 rings (SSSR count). The van der Waals surface area contributed by atoms with E-state index in [2.05, 4.69) is 20.4 Å². The van der Waals surface area contributed by atoms with Crippen molar-refractivity contribution >= 4 is 17.5 Å². The number of hydrogen-bond donors (Lipinski definition) is 1. The van der Waals surface area contributed by atoms with Gasteiger partial charge in [0.1, 0.15) is 11.5 Å².